The van der Waals surface area contributed by atoms with Crippen molar-refractivity contribution in [1.82, 2.24) is 0 Å². The van der Waals surface area contributed by atoms with Crippen LogP contribution in [0.1, 0.15) is 6.92 Å². The zero-order chi connectivity index (χ0) is 29.1. The number of hydrogen-bond donors (Lipinski definition) is 1. The van der Waals surface area contributed by atoms with Gasteiger partial charge >= 0.3 is 47.9 Å². The number of aliphatic hydroxyl groups is 1. The van der Waals surface area contributed by atoms with Crippen molar-refractivity contribution in [2.45, 2.75) is 73.5 Å². The Hall–Kier alpha value is -1.52. The van der Waals surface area contributed by atoms with Gasteiger partial charge in [0.15, 0.2) is 0 Å². The molecule has 0 radical (unpaired) electrons. The van der Waals surface area contributed by atoms with E-state index in [9.17, 15) is 87.8 Å². The lowest BCUT2D eigenvalue weighted by atomic mass is 9.93. The number of hydrogen-bond acceptors (Lipinski definition) is 3. The van der Waals surface area contributed by atoms with Crippen molar-refractivity contribution >= 4 is 0 Å². The minimum absolute atomic E-state index is 0.760. The molecular formula is C12H6F20O3. The molecule has 0 aliphatic rings. The van der Waals surface area contributed by atoms with Crippen molar-refractivity contribution in [1.29, 1.82) is 0 Å². The third kappa shape index (κ3) is 5.44. The van der Waals surface area contributed by atoms with Crippen LogP contribution in [0, 0.1) is 0 Å². The molecule has 3 nitrogen and oxygen atoms in total. The van der Waals surface area contributed by atoms with Gasteiger partial charge in [-0.1, -0.05) is 0 Å². The average molecular weight is 578 g/mol. The van der Waals surface area contributed by atoms with Gasteiger partial charge in [0.2, 0.25) is 0 Å². The molecule has 0 aliphatic heterocycles. The van der Waals surface area contributed by atoms with Gasteiger partial charge in [-0.15, -0.1) is 0 Å². The van der Waals surface area contributed by atoms with Crippen LogP contribution in [0.25, 0.3) is 0 Å². The molecule has 0 amide bonds. The summed E-state index contributed by atoms with van der Waals surface area (Å²) >= 11 is 0. The van der Waals surface area contributed by atoms with Crippen LogP contribution < -0.4 is 0 Å². The van der Waals surface area contributed by atoms with E-state index in [1.54, 1.807) is 4.74 Å². The normalized spacial score (nSPS) is 18.0. The summed E-state index contributed by atoms with van der Waals surface area (Å²) in [5, 5.41) is 7.58. The first-order chi connectivity index (χ1) is 14.8. The number of ether oxygens (including phenoxy) is 2. The van der Waals surface area contributed by atoms with Crippen molar-refractivity contribution in [3.63, 3.8) is 0 Å². The average Bonchev–Trinajstić information content (AvgIpc) is 2.58. The van der Waals surface area contributed by atoms with Crippen LogP contribution in [-0.2, 0) is 9.47 Å². The fourth-order valence-corrected chi connectivity index (χ4v) is 1.54. The van der Waals surface area contributed by atoms with Gasteiger partial charge in [0.05, 0.1) is 0 Å². The maximum atomic E-state index is 13.4. The maximum absolute atomic E-state index is 13.4. The Morgan fingerprint density at radius 2 is 0.686 bits per heavy atom. The lowest BCUT2D eigenvalue weighted by Crippen LogP contribution is -2.73. The van der Waals surface area contributed by atoms with Gasteiger partial charge in [-0.3, -0.25) is 9.47 Å². The molecule has 2 atom stereocenters. The molecule has 0 saturated carbocycles. The highest BCUT2D eigenvalue weighted by Gasteiger charge is 2.94. The molecule has 0 aliphatic carbocycles. The van der Waals surface area contributed by atoms with E-state index in [0.717, 1.165) is 0 Å². The van der Waals surface area contributed by atoms with E-state index in [0.29, 0.717) is 0 Å². The summed E-state index contributed by atoms with van der Waals surface area (Å²) in [4.78, 5) is 0. The molecule has 23 heteroatoms. The first-order valence-corrected chi connectivity index (χ1v) is 7.52. The van der Waals surface area contributed by atoms with Gasteiger partial charge in [-0.2, -0.15) is 70.2 Å². The first-order valence-electron chi connectivity index (χ1n) is 7.52. The highest BCUT2D eigenvalue weighted by atomic mass is 19.4. The predicted molar refractivity (Wildman–Crippen MR) is 64.4 cm³/mol. The van der Waals surface area contributed by atoms with E-state index in [4.69, 9.17) is 5.11 Å². The van der Waals surface area contributed by atoms with Gasteiger partial charge in [-0.25, -0.2) is 17.6 Å². The number of halogens is 20. The van der Waals surface area contributed by atoms with Crippen LogP contribution in [0.5, 0.6) is 0 Å². The minimum atomic E-state index is -8.86. The summed E-state index contributed by atoms with van der Waals surface area (Å²) in [7, 11) is 0. The second kappa shape index (κ2) is 8.80. The quantitative estimate of drug-likeness (QED) is 0.280. The highest BCUT2D eigenvalue weighted by Crippen LogP contribution is 2.62. The fourth-order valence-electron chi connectivity index (χ4n) is 1.54. The Bertz CT molecular complexity index is 677. The third-order valence-corrected chi connectivity index (χ3v) is 3.48. The Labute approximate surface area is 177 Å². The summed E-state index contributed by atoms with van der Waals surface area (Å²) in [5.41, 5.74) is 0. The van der Waals surface area contributed by atoms with Crippen LogP contribution in [-0.4, -0.2) is 71.7 Å². The first kappa shape index (κ1) is 33.5. The summed E-state index contributed by atoms with van der Waals surface area (Å²) in [6, 6.07) is 0. The Morgan fingerprint density at radius 1 is 0.457 bits per heavy atom. The second-order valence-corrected chi connectivity index (χ2v) is 6.32. The summed E-state index contributed by atoms with van der Waals surface area (Å²) in [5.74, 6) is -48.5. The van der Waals surface area contributed by atoms with E-state index >= 15 is 0 Å². The molecule has 212 valence electrons. The Morgan fingerprint density at radius 3 is 0.914 bits per heavy atom. The third-order valence-electron chi connectivity index (χ3n) is 3.48. The topological polar surface area (TPSA) is 38.7 Å². The highest BCUT2D eigenvalue weighted by molar-refractivity contribution is 5.12. The van der Waals surface area contributed by atoms with E-state index in [-0.39, 0.29) is 0 Å². The minimum Gasteiger partial charge on any atom is -0.332 e. The molecule has 0 aromatic carbocycles. The van der Waals surface area contributed by atoms with Crippen molar-refractivity contribution in [2.75, 3.05) is 0 Å². The molecule has 35 heavy (non-hydrogen) atoms. The van der Waals surface area contributed by atoms with Crippen molar-refractivity contribution < 1.29 is 102 Å². The van der Waals surface area contributed by atoms with E-state index in [1.807, 2.05) is 4.74 Å². The molecule has 0 heterocycles. The van der Waals surface area contributed by atoms with Crippen molar-refractivity contribution in [3.05, 3.63) is 0 Å². The number of alkyl halides is 20. The largest absolute Gasteiger partial charge is 0.428 e. The Kier molecular flexibility index (Phi) is 8.42. The standard InChI is InChI=1S/C12H6F20O3/c1-4(15,16)2(13)34-11(29,30)9(25,26)7(21,22)6(19,20)8(23,24)10(27,28)12(31,32)35-3(14)5(17,18)33/h2-3,33H,1H3. The van der Waals surface area contributed by atoms with E-state index in [1.165, 1.54) is 0 Å². The second-order valence-electron chi connectivity index (χ2n) is 6.32. The molecule has 0 aromatic heterocycles. The van der Waals surface area contributed by atoms with Crippen molar-refractivity contribution in [3.8, 4) is 0 Å². The van der Waals surface area contributed by atoms with E-state index < -0.39 is 73.5 Å². The molecule has 0 bridgehead atoms. The fraction of sp³-hybridized carbons (Fsp3) is 1.00. The van der Waals surface area contributed by atoms with Gasteiger partial charge in [0.25, 0.3) is 18.6 Å². The van der Waals surface area contributed by atoms with Crippen LogP contribution >= 0.6 is 0 Å². The zero-order valence-corrected chi connectivity index (χ0v) is 15.5. The monoisotopic (exact) mass is 578 g/mol. The SMILES string of the molecule is CC(F)(F)C(F)OC(F)(F)C(F)(F)C(F)(F)C(F)(F)C(F)(F)C(F)(F)C(F)(F)OC(F)C(O)(F)F. The molecule has 0 rings (SSSR count). The van der Waals surface area contributed by atoms with Gasteiger partial charge < -0.3 is 5.11 Å². The summed E-state index contributed by atoms with van der Waals surface area (Å²) < 4.78 is 263. The Balaban J connectivity index is 6.57. The molecule has 0 spiro atoms. The predicted octanol–water partition coefficient (Wildman–Crippen LogP) is 6.21. The van der Waals surface area contributed by atoms with Crippen LogP contribution in [0.15, 0.2) is 0 Å². The smallest absolute Gasteiger partial charge is 0.332 e. The molecule has 0 aromatic rings. The van der Waals surface area contributed by atoms with E-state index in [2.05, 4.69) is 0 Å². The molecule has 2 unspecified atom stereocenters. The van der Waals surface area contributed by atoms with Crippen LogP contribution in [0.3, 0.4) is 0 Å². The molecular weight excluding hydrogens is 572 g/mol. The molecule has 1 N–H and O–H groups in total. The lowest BCUT2D eigenvalue weighted by molar-refractivity contribution is -0.498. The molecule has 0 saturated heterocycles. The maximum Gasteiger partial charge on any atom is 0.428 e. The summed E-state index contributed by atoms with van der Waals surface area (Å²) in [6.45, 7) is -0.760. The summed E-state index contributed by atoms with van der Waals surface area (Å²) in [6.07, 6.45) is -32.4. The van der Waals surface area contributed by atoms with Gasteiger partial charge in [0.1, 0.15) is 0 Å². The van der Waals surface area contributed by atoms with Gasteiger partial charge in [-0.05, 0) is 0 Å². The van der Waals surface area contributed by atoms with Crippen molar-refractivity contribution in [2.24, 2.45) is 0 Å². The van der Waals surface area contributed by atoms with Crippen LogP contribution in [0.4, 0.5) is 87.8 Å². The van der Waals surface area contributed by atoms with Crippen LogP contribution in [0.2, 0.25) is 0 Å². The number of rotatable bonds is 12. The molecule has 0 fully saturated rings. The zero-order valence-electron chi connectivity index (χ0n) is 15.5. The van der Waals surface area contributed by atoms with Gasteiger partial charge in [0, 0.05) is 6.92 Å². The lowest BCUT2D eigenvalue weighted by Gasteiger charge is -2.42.